The molecule has 2 saturated heterocycles. The first-order chi connectivity index (χ1) is 8.96. The summed E-state index contributed by atoms with van der Waals surface area (Å²) in [5.74, 6) is 1.13. The third kappa shape index (κ3) is 4.72. The van der Waals surface area contributed by atoms with Crippen LogP contribution in [0.4, 0.5) is 0 Å². The maximum absolute atomic E-state index is 11.4. The lowest BCUT2D eigenvalue weighted by molar-refractivity contribution is 0.228. The van der Waals surface area contributed by atoms with Crippen molar-refractivity contribution < 1.29 is 8.42 Å². The van der Waals surface area contributed by atoms with Gasteiger partial charge in [-0.3, -0.25) is 0 Å². The van der Waals surface area contributed by atoms with E-state index in [1.807, 2.05) is 0 Å². The summed E-state index contributed by atoms with van der Waals surface area (Å²) in [5, 5.41) is 3.61. The smallest absolute Gasteiger partial charge is 0.150 e. The Morgan fingerprint density at radius 3 is 2.63 bits per heavy atom. The van der Waals surface area contributed by atoms with Gasteiger partial charge in [0, 0.05) is 12.1 Å². The molecule has 0 radical (unpaired) electrons. The van der Waals surface area contributed by atoms with E-state index in [0.717, 1.165) is 19.5 Å². The summed E-state index contributed by atoms with van der Waals surface area (Å²) < 4.78 is 22.9. The Kier molecular flexibility index (Phi) is 5.26. The first-order valence-corrected chi connectivity index (χ1v) is 9.46. The number of hydrogen-bond acceptors (Lipinski definition) is 4. The molecule has 0 bridgehead atoms. The molecule has 2 rings (SSSR count). The van der Waals surface area contributed by atoms with Crippen molar-refractivity contribution in [3.63, 3.8) is 0 Å². The number of nitrogens with one attached hydrogen (secondary N) is 1. The summed E-state index contributed by atoms with van der Waals surface area (Å²) in [7, 11) is -2.72. The molecule has 2 heterocycles. The third-order valence-corrected chi connectivity index (χ3v) is 6.35. The average molecular weight is 288 g/mol. The Labute approximate surface area is 117 Å². The third-order valence-electron chi connectivity index (χ3n) is 4.51. The zero-order valence-corrected chi connectivity index (χ0v) is 13.1. The van der Waals surface area contributed by atoms with Gasteiger partial charge in [-0.1, -0.05) is 0 Å². The van der Waals surface area contributed by atoms with Crippen molar-refractivity contribution in [2.45, 2.75) is 51.6 Å². The van der Waals surface area contributed by atoms with Crippen LogP contribution in [0.3, 0.4) is 0 Å². The molecule has 5 heteroatoms. The summed E-state index contributed by atoms with van der Waals surface area (Å²) in [6.07, 6.45) is 4.51. The van der Waals surface area contributed by atoms with Crippen molar-refractivity contribution in [1.82, 2.24) is 10.2 Å². The summed E-state index contributed by atoms with van der Waals surface area (Å²) >= 11 is 0. The van der Waals surface area contributed by atoms with Crippen LogP contribution in [-0.4, -0.2) is 56.5 Å². The van der Waals surface area contributed by atoms with Crippen LogP contribution in [0.15, 0.2) is 0 Å². The highest BCUT2D eigenvalue weighted by Crippen LogP contribution is 2.19. The number of nitrogens with zero attached hydrogens (tertiary/aromatic N) is 1. The lowest BCUT2D eigenvalue weighted by atomic mass is 10.1. The Morgan fingerprint density at radius 2 is 2.00 bits per heavy atom. The van der Waals surface area contributed by atoms with E-state index in [4.69, 9.17) is 0 Å². The zero-order valence-electron chi connectivity index (χ0n) is 12.3. The molecule has 0 aromatic heterocycles. The molecule has 2 aliphatic heterocycles. The van der Waals surface area contributed by atoms with Gasteiger partial charge >= 0.3 is 0 Å². The highest BCUT2D eigenvalue weighted by Gasteiger charge is 2.28. The SMILES string of the molecule is CC(C)N1CCCC(NCC2CCS(=O)(=O)C2)CC1. The van der Waals surface area contributed by atoms with Crippen molar-refractivity contribution in [2.75, 3.05) is 31.1 Å². The van der Waals surface area contributed by atoms with Crippen LogP contribution in [0.25, 0.3) is 0 Å². The number of hydrogen-bond donors (Lipinski definition) is 1. The topological polar surface area (TPSA) is 49.4 Å². The van der Waals surface area contributed by atoms with Gasteiger partial charge in [-0.15, -0.1) is 0 Å². The van der Waals surface area contributed by atoms with Gasteiger partial charge in [0.2, 0.25) is 0 Å². The van der Waals surface area contributed by atoms with Gasteiger partial charge in [0.05, 0.1) is 11.5 Å². The molecule has 1 N–H and O–H groups in total. The molecule has 2 aliphatic rings. The molecule has 19 heavy (non-hydrogen) atoms. The van der Waals surface area contributed by atoms with E-state index in [2.05, 4.69) is 24.1 Å². The van der Waals surface area contributed by atoms with Gasteiger partial charge in [-0.2, -0.15) is 0 Å². The molecule has 0 spiro atoms. The molecular weight excluding hydrogens is 260 g/mol. The normalized spacial score (nSPS) is 32.6. The monoisotopic (exact) mass is 288 g/mol. The first-order valence-electron chi connectivity index (χ1n) is 7.64. The molecule has 0 amide bonds. The Balaban J connectivity index is 1.72. The number of rotatable bonds is 4. The molecule has 4 nitrogen and oxygen atoms in total. The summed E-state index contributed by atoms with van der Waals surface area (Å²) in [5.41, 5.74) is 0. The van der Waals surface area contributed by atoms with Crippen molar-refractivity contribution in [3.8, 4) is 0 Å². The molecule has 2 unspecified atom stereocenters. The Bertz CT molecular complexity index is 381. The predicted octanol–water partition coefficient (Wildman–Crippen LogP) is 1.27. The minimum absolute atomic E-state index is 0.342. The predicted molar refractivity (Wildman–Crippen MR) is 79.1 cm³/mol. The van der Waals surface area contributed by atoms with E-state index >= 15 is 0 Å². The van der Waals surface area contributed by atoms with Crippen LogP contribution in [-0.2, 0) is 9.84 Å². The van der Waals surface area contributed by atoms with E-state index in [1.165, 1.54) is 25.8 Å². The quantitative estimate of drug-likeness (QED) is 0.846. The van der Waals surface area contributed by atoms with Crippen LogP contribution < -0.4 is 5.32 Å². The van der Waals surface area contributed by atoms with Crippen LogP contribution in [0.1, 0.15) is 39.5 Å². The van der Waals surface area contributed by atoms with Crippen molar-refractivity contribution >= 4 is 9.84 Å². The standard InChI is InChI=1S/C14H28N2O2S/c1-12(2)16-7-3-4-14(5-8-16)15-10-13-6-9-19(17,18)11-13/h12-15H,3-11H2,1-2H3. The maximum atomic E-state index is 11.4. The summed E-state index contributed by atoms with van der Waals surface area (Å²) in [6, 6.07) is 1.21. The molecule has 0 aromatic carbocycles. The molecule has 0 aromatic rings. The second kappa shape index (κ2) is 6.55. The fourth-order valence-electron chi connectivity index (χ4n) is 3.21. The van der Waals surface area contributed by atoms with E-state index < -0.39 is 9.84 Å². The summed E-state index contributed by atoms with van der Waals surface area (Å²) in [6.45, 7) is 7.77. The minimum Gasteiger partial charge on any atom is -0.314 e. The van der Waals surface area contributed by atoms with E-state index in [9.17, 15) is 8.42 Å². The largest absolute Gasteiger partial charge is 0.314 e. The Hall–Kier alpha value is -0.130. The maximum Gasteiger partial charge on any atom is 0.150 e. The highest BCUT2D eigenvalue weighted by molar-refractivity contribution is 7.91. The Morgan fingerprint density at radius 1 is 1.21 bits per heavy atom. The molecule has 2 fully saturated rings. The second-order valence-corrected chi connectivity index (χ2v) is 8.66. The molecule has 0 aliphatic carbocycles. The van der Waals surface area contributed by atoms with Crippen LogP contribution in [0.2, 0.25) is 0 Å². The van der Waals surface area contributed by atoms with Crippen LogP contribution >= 0.6 is 0 Å². The zero-order chi connectivity index (χ0) is 13.9. The second-order valence-electron chi connectivity index (χ2n) is 6.43. The van der Waals surface area contributed by atoms with Crippen molar-refractivity contribution in [3.05, 3.63) is 0 Å². The molecule has 0 saturated carbocycles. The van der Waals surface area contributed by atoms with Gasteiger partial charge in [-0.25, -0.2) is 8.42 Å². The highest BCUT2D eigenvalue weighted by atomic mass is 32.2. The van der Waals surface area contributed by atoms with Crippen LogP contribution in [0.5, 0.6) is 0 Å². The van der Waals surface area contributed by atoms with E-state index in [1.54, 1.807) is 0 Å². The van der Waals surface area contributed by atoms with Crippen molar-refractivity contribution in [2.24, 2.45) is 5.92 Å². The van der Waals surface area contributed by atoms with E-state index in [-0.39, 0.29) is 0 Å². The summed E-state index contributed by atoms with van der Waals surface area (Å²) in [4.78, 5) is 2.54. The fourth-order valence-corrected chi connectivity index (χ4v) is 5.07. The molecule has 112 valence electrons. The molecular formula is C14H28N2O2S. The first kappa shape index (κ1) is 15.3. The van der Waals surface area contributed by atoms with Gasteiger partial charge in [-0.05, 0) is 65.1 Å². The lowest BCUT2D eigenvalue weighted by Crippen LogP contribution is -2.36. The minimum atomic E-state index is -2.72. The van der Waals surface area contributed by atoms with Gasteiger partial charge in [0.25, 0.3) is 0 Å². The van der Waals surface area contributed by atoms with Gasteiger partial charge < -0.3 is 10.2 Å². The van der Waals surface area contributed by atoms with Gasteiger partial charge in [0.15, 0.2) is 9.84 Å². The van der Waals surface area contributed by atoms with Gasteiger partial charge in [0.1, 0.15) is 0 Å². The van der Waals surface area contributed by atoms with Crippen molar-refractivity contribution in [1.29, 1.82) is 0 Å². The average Bonchev–Trinajstić information content (AvgIpc) is 2.56. The van der Waals surface area contributed by atoms with Crippen LogP contribution in [0, 0.1) is 5.92 Å². The number of sulfone groups is 1. The number of likely N-dealkylation sites (tertiary alicyclic amines) is 1. The lowest BCUT2D eigenvalue weighted by Gasteiger charge is -2.24. The van der Waals surface area contributed by atoms with E-state index in [0.29, 0.717) is 29.5 Å². The fraction of sp³-hybridized carbons (Fsp3) is 1.00. The molecule has 2 atom stereocenters.